The Bertz CT molecular complexity index is 975. The molecule has 0 spiro atoms. The van der Waals surface area contributed by atoms with E-state index < -0.39 is 0 Å². The first-order valence-corrected chi connectivity index (χ1v) is 11.8. The second kappa shape index (κ2) is 10.3. The van der Waals surface area contributed by atoms with E-state index in [0.29, 0.717) is 22.1 Å². The average molecular weight is 519 g/mol. The summed E-state index contributed by atoms with van der Waals surface area (Å²) in [7, 11) is 0. The summed E-state index contributed by atoms with van der Waals surface area (Å²) in [5.41, 5.74) is 0.905. The number of amides is 1. The van der Waals surface area contributed by atoms with Crippen LogP contribution in [0, 0.1) is 0 Å². The monoisotopic (exact) mass is 517 g/mol. The van der Waals surface area contributed by atoms with E-state index in [2.05, 4.69) is 39.2 Å². The van der Waals surface area contributed by atoms with Gasteiger partial charge in [-0.15, -0.1) is 24.2 Å². The van der Waals surface area contributed by atoms with E-state index in [1.54, 1.807) is 28.8 Å². The lowest BCUT2D eigenvalue weighted by Crippen LogP contribution is -2.43. The molecule has 4 rings (SSSR count). The van der Waals surface area contributed by atoms with Crippen molar-refractivity contribution in [2.45, 2.75) is 4.90 Å². The lowest BCUT2D eigenvalue weighted by molar-refractivity contribution is 0.0390. The van der Waals surface area contributed by atoms with Crippen molar-refractivity contribution in [2.24, 2.45) is 0 Å². The zero-order chi connectivity index (χ0) is 19.5. The number of benzene rings is 1. The van der Waals surface area contributed by atoms with Crippen LogP contribution in [0.15, 0.2) is 44.3 Å². The molecule has 6 nitrogen and oxygen atoms in total. The summed E-state index contributed by atoms with van der Waals surface area (Å²) in [5, 5.41) is 0.694. The summed E-state index contributed by atoms with van der Waals surface area (Å²) in [6.07, 6.45) is 2.05. The van der Waals surface area contributed by atoms with Gasteiger partial charge in [0.1, 0.15) is 0 Å². The average Bonchev–Trinajstić information content (AvgIpc) is 3.34. The van der Waals surface area contributed by atoms with Crippen LogP contribution in [0.5, 0.6) is 0 Å². The molecule has 3 aromatic rings. The molecule has 1 fully saturated rings. The Hall–Kier alpha value is -1.10. The topological polar surface area (TPSA) is 58.8 Å². The number of hydrogen-bond acceptors (Lipinski definition) is 7. The number of nitrogens with zero attached hydrogens (tertiary/aromatic N) is 3. The van der Waals surface area contributed by atoms with Crippen LogP contribution < -0.4 is 4.90 Å². The smallest absolute Gasteiger partial charge is 0.295 e. The van der Waals surface area contributed by atoms with Crippen molar-refractivity contribution in [2.75, 3.05) is 50.5 Å². The number of rotatable bonds is 6. The Morgan fingerprint density at radius 2 is 2.10 bits per heavy atom. The van der Waals surface area contributed by atoms with Crippen LogP contribution in [-0.2, 0) is 4.74 Å². The van der Waals surface area contributed by atoms with Crippen LogP contribution in [0.1, 0.15) is 10.6 Å². The molecule has 0 saturated carbocycles. The number of aromatic nitrogens is 1. The molecule has 0 atom stereocenters. The number of halogens is 2. The molecule has 1 aromatic carbocycles. The van der Waals surface area contributed by atoms with E-state index >= 15 is 0 Å². The minimum absolute atomic E-state index is 0. The minimum Gasteiger partial charge on any atom is -0.444 e. The maximum absolute atomic E-state index is 13.2. The second-order valence-corrected chi connectivity index (χ2v) is 9.01. The number of hydrogen-bond donors (Lipinski definition) is 0. The quantitative estimate of drug-likeness (QED) is 0.438. The van der Waals surface area contributed by atoms with Crippen LogP contribution in [0.2, 0.25) is 0 Å². The molecular formula is C19H21BrClN3O3S2. The highest BCUT2D eigenvalue weighted by Gasteiger charge is 2.25. The van der Waals surface area contributed by atoms with Crippen molar-refractivity contribution in [3.05, 3.63) is 40.8 Å². The first-order valence-electron chi connectivity index (χ1n) is 8.96. The van der Waals surface area contributed by atoms with Crippen molar-refractivity contribution < 1.29 is 13.9 Å². The largest absolute Gasteiger partial charge is 0.444 e. The van der Waals surface area contributed by atoms with Gasteiger partial charge >= 0.3 is 0 Å². The standard InChI is InChI=1S/C19H20BrN3O3S2.ClH/c1-27-13-2-3-14-16(12-13)28-19(21-14)23(7-6-22-8-10-25-11-9-22)18(24)15-4-5-17(20)26-15;/h2-5,12H,6-11H2,1H3;1H. The molecule has 0 N–H and O–H groups in total. The predicted molar refractivity (Wildman–Crippen MR) is 124 cm³/mol. The fraction of sp³-hybridized carbons (Fsp3) is 0.368. The highest BCUT2D eigenvalue weighted by atomic mass is 79.9. The highest BCUT2D eigenvalue weighted by Crippen LogP contribution is 2.32. The number of ether oxygens (including phenoxy) is 1. The number of morpholine rings is 1. The van der Waals surface area contributed by atoms with Gasteiger partial charge in [-0.25, -0.2) is 4.98 Å². The molecule has 0 aliphatic carbocycles. The molecule has 156 valence electrons. The zero-order valence-electron chi connectivity index (χ0n) is 15.8. The predicted octanol–water partition coefficient (Wildman–Crippen LogP) is 4.77. The molecule has 1 saturated heterocycles. The van der Waals surface area contributed by atoms with Crippen LogP contribution in [0.25, 0.3) is 10.2 Å². The second-order valence-electron chi connectivity index (χ2n) is 6.34. The molecule has 0 bridgehead atoms. The number of carbonyl (C=O) groups excluding carboxylic acids is 1. The summed E-state index contributed by atoms with van der Waals surface area (Å²) in [5.74, 6) is 0.126. The Labute approximate surface area is 192 Å². The number of fused-ring (bicyclic) bond motifs is 1. The fourth-order valence-electron chi connectivity index (χ4n) is 3.05. The minimum atomic E-state index is -0.178. The van der Waals surface area contributed by atoms with Gasteiger partial charge in [0.15, 0.2) is 15.6 Å². The van der Waals surface area contributed by atoms with E-state index in [-0.39, 0.29) is 18.3 Å². The van der Waals surface area contributed by atoms with Crippen LogP contribution >= 0.6 is 51.4 Å². The number of carbonyl (C=O) groups is 1. The van der Waals surface area contributed by atoms with Crippen molar-refractivity contribution in [1.82, 2.24) is 9.88 Å². The normalized spacial score (nSPS) is 14.7. The molecule has 2 aromatic heterocycles. The van der Waals surface area contributed by atoms with Crippen molar-refractivity contribution >= 4 is 72.7 Å². The fourth-order valence-corrected chi connectivity index (χ4v) is 4.90. The molecule has 10 heteroatoms. The van der Waals surface area contributed by atoms with Crippen molar-refractivity contribution in [3.8, 4) is 0 Å². The van der Waals surface area contributed by atoms with Gasteiger partial charge in [-0.1, -0.05) is 11.3 Å². The molecule has 0 unspecified atom stereocenters. The number of anilines is 1. The molecule has 29 heavy (non-hydrogen) atoms. The van der Waals surface area contributed by atoms with E-state index in [4.69, 9.17) is 14.1 Å². The maximum atomic E-state index is 13.2. The molecule has 0 radical (unpaired) electrons. The summed E-state index contributed by atoms with van der Waals surface area (Å²) in [6.45, 7) is 4.54. The van der Waals surface area contributed by atoms with Gasteiger partial charge in [0.2, 0.25) is 0 Å². The van der Waals surface area contributed by atoms with E-state index in [1.165, 1.54) is 16.2 Å². The summed E-state index contributed by atoms with van der Waals surface area (Å²) in [6, 6.07) is 9.61. The number of thiazole rings is 1. The Kier molecular flexibility index (Phi) is 8.00. The maximum Gasteiger partial charge on any atom is 0.295 e. The van der Waals surface area contributed by atoms with E-state index in [1.807, 2.05) is 6.07 Å². The van der Waals surface area contributed by atoms with Crippen LogP contribution in [0.4, 0.5) is 5.13 Å². The molecular weight excluding hydrogens is 498 g/mol. The SMILES string of the molecule is CSc1ccc2nc(N(CCN3CCOCC3)C(=O)c3ccc(Br)o3)sc2c1.Cl. The van der Waals surface area contributed by atoms with Gasteiger partial charge in [0, 0.05) is 31.1 Å². The lowest BCUT2D eigenvalue weighted by atomic mass is 10.3. The third-order valence-corrected chi connectivity index (χ3v) is 6.78. The van der Waals surface area contributed by atoms with Gasteiger partial charge < -0.3 is 9.15 Å². The van der Waals surface area contributed by atoms with Crippen LogP contribution in [0.3, 0.4) is 0 Å². The highest BCUT2D eigenvalue weighted by molar-refractivity contribution is 9.10. The Balaban J connectivity index is 0.00000240. The van der Waals surface area contributed by atoms with Gasteiger partial charge in [-0.3, -0.25) is 14.6 Å². The van der Waals surface area contributed by atoms with Gasteiger partial charge in [-0.05, 0) is 52.5 Å². The molecule has 1 amide bonds. The zero-order valence-corrected chi connectivity index (χ0v) is 19.8. The first-order chi connectivity index (χ1) is 13.6. The van der Waals surface area contributed by atoms with E-state index in [0.717, 1.165) is 43.1 Å². The molecule has 1 aliphatic heterocycles. The summed E-state index contributed by atoms with van der Waals surface area (Å²) >= 11 is 6.51. The van der Waals surface area contributed by atoms with E-state index in [9.17, 15) is 4.79 Å². The molecule has 1 aliphatic rings. The van der Waals surface area contributed by atoms with Crippen molar-refractivity contribution in [1.29, 1.82) is 0 Å². The first kappa shape index (κ1) is 22.6. The summed E-state index contributed by atoms with van der Waals surface area (Å²) < 4.78 is 12.5. The third kappa shape index (κ3) is 5.34. The Morgan fingerprint density at radius 1 is 1.31 bits per heavy atom. The van der Waals surface area contributed by atoms with Crippen LogP contribution in [-0.4, -0.2) is 61.4 Å². The van der Waals surface area contributed by atoms with Gasteiger partial charge in [0.05, 0.1) is 23.4 Å². The van der Waals surface area contributed by atoms with Gasteiger partial charge in [0.25, 0.3) is 5.91 Å². The molecule has 3 heterocycles. The van der Waals surface area contributed by atoms with Gasteiger partial charge in [-0.2, -0.15) is 0 Å². The third-order valence-electron chi connectivity index (χ3n) is 4.59. The summed E-state index contributed by atoms with van der Waals surface area (Å²) in [4.78, 5) is 23.1. The Morgan fingerprint density at radius 3 is 2.79 bits per heavy atom. The van der Waals surface area contributed by atoms with Crippen molar-refractivity contribution in [3.63, 3.8) is 0 Å². The number of furan rings is 1. The lowest BCUT2D eigenvalue weighted by Gasteiger charge is -2.28. The number of thioether (sulfide) groups is 1.